The molecule has 0 amide bonds. The lowest BCUT2D eigenvalue weighted by molar-refractivity contribution is -0.163. The van der Waals surface area contributed by atoms with Gasteiger partial charge in [-0.2, -0.15) is 0 Å². The maximum Gasteiger partial charge on any atom is 0.417 e. The molecule has 0 radical (unpaired) electrons. The van der Waals surface area contributed by atoms with Crippen LogP contribution in [0.2, 0.25) is 0 Å². The van der Waals surface area contributed by atoms with Crippen LogP contribution in [-0.2, 0) is 14.3 Å². The Morgan fingerprint density at radius 3 is 2.00 bits per heavy atom. The van der Waals surface area contributed by atoms with Crippen LogP contribution in [0.15, 0.2) is 0 Å². The van der Waals surface area contributed by atoms with Gasteiger partial charge >= 0.3 is 11.9 Å². The molecule has 0 bridgehead atoms. The highest BCUT2D eigenvalue weighted by Gasteiger charge is 2.09. The number of nitrogens with two attached hydrogens (primary N) is 1. The van der Waals surface area contributed by atoms with Crippen LogP contribution in [0.1, 0.15) is 13.8 Å². The molecule has 1 atom stereocenters. The van der Waals surface area contributed by atoms with Gasteiger partial charge < -0.3 is 20.7 Å². The minimum Gasteiger partial charge on any atom is -0.473 e. The van der Waals surface area contributed by atoms with E-state index in [1.165, 1.54) is 0 Å². The van der Waals surface area contributed by atoms with Crippen molar-refractivity contribution >= 4 is 11.9 Å². The Balaban J connectivity index is 0. The Bertz CT molecular complexity index is 157. The fourth-order valence-electron chi connectivity index (χ4n) is 0.193. The lowest BCUT2D eigenvalue weighted by Crippen LogP contribution is -2.15. The summed E-state index contributed by atoms with van der Waals surface area (Å²) in [7, 11) is 0. The van der Waals surface area contributed by atoms with E-state index in [1.807, 2.05) is 0 Å². The van der Waals surface area contributed by atoms with Crippen molar-refractivity contribution in [3.63, 3.8) is 0 Å². The van der Waals surface area contributed by atoms with E-state index in [9.17, 15) is 9.59 Å². The number of carbonyl (C=O) groups excluding carboxylic acids is 1. The number of carboxylic acid groups (broad SMARTS) is 1. The van der Waals surface area contributed by atoms with Crippen molar-refractivity contribution in [1.29, 1.82) is 0 Å². The Morgan fingerprint density at radius 2 is 1.92 bits per heavy atom. The summed E-state index contributed by atoms with van der Waals surface area (Å²) in [4.78, 5) is 19.5. The second-order valence-corrected chi connectivity index (χ2v) is 2.11. The first kappa shape index (κ1) is 14.4. The Morgan fingerprint density at radius 1 is 1.54 bits per heavy atom. The van der Waals surface area contributed by atoms with Crippen LogP contribution in [0, 0.1) is 0 Å². The van der Waals surface area contributed by atoms with Crippen molar-refractivity contribution in [2.75, 3.05) is 13.2 Å². The summed E-state index contributed by atoms with van der Waals surface area (Å²) in [5, 5.41) is 16.1. The largest absolute Gasteiger partial charge is 0.473 e. The van der Waals surface area contributed by atoms with Gasteiger partial charge in [0.25, 0.3) is 0 Å². The average molecular weight is 193 g/mol. The minimum absolute atomic E-state index is 0.102. The van der Waals surface area contributed by atoms with Crippen LogP contribution >= 0.6 is 0 Å². The molecule has 6 heteroatoms. The van der Waals surface area contributed by atoms with E-state index >= 15 is 0 Å². The summed E-state index contributed by atoms with van der Waals surface area (Å²) in [5.74, 6) is -2.75. The molecule has 0 spiro atoms. The van der Waals surface area contributed by atoms with Gasteiger partial charge in [0.05, 0.1) is 12.7 Å². The molecule has 0 aromatic heterocycles. The number of carboxylic acids is 1. The summed E-state index contributed by atoms with van der Waals surface area (Å²) in [6.45, 7) is 3.66. The number of ether oxygens (including phenoxy) is 1. The number of aliphatic carboxylic acids is 1. The van der Waals surface area contributed by atoms with E-state index in [0.29, 0.717) is 6.54 Å². The Hall–Kier alpha value is -1.14. The van der Waals surface area contributed by atoms with E-state index in [4.69, 9.17) is 15.9 Å². The topological polar surface area (TPSA) is 110 Å². The number of esters is 1. The molecule has 0 aliphatic heterocycles. The Kier molecular flexibility index (Phi) is 9.91. The number of carbonyl (C=O) groups is 2. The zero-order chi connectivity index (χ0) is 10.9. The van der Waals surface area contributed by atoms with E-state index in [-0.39, 0.29) is 12.7 Å². The number of hydrogen-bond acceptors (Lipinski definition) is 5. The summed E-state index contributed by atoms with van der Waals surface area (Å²) in [6, 6.07) is 0. The van der Waals surface area contributed by atoms with E-state index in [0.717, 1.165) is 0 Å². The van der Waals surface area contributed by atoms with Crippen molar-refractivity contribution in [2.24, 2.45) is 5.73 Å². The molecule has 1 unspecified atom stereocenters. The van der Waals surface area contributed by atoms with Crippen molar-refractivity contribution in [1.82, 2.24) is 0 Å². The van der Waals surface area contributed by atoms with Gasteiger partial charge in [-0.15, -0.1) is 0 Å². The van der Waals surface area contributed by atoms with Crippen LogP contribution in [0.25, 0.3) is 0 Å². The van der Waals surface area contributed by atoms with Gasteiger partial charge in [0.1, 0.15) is 0 Å². The number of rotatable bonds is 2. The monoisotopic (exact) mass is 193 g/mol. The van der Waals surface area contributed by atoms with Gasteiger partial charge in [-0.1, -0.05) is 0 Å². The SMILES string of the molecule is CC(O)CN.CCOC(=O)C(=O)O. The molecule has 13 heavy (non-hydrogen) atoms. The van der Waals surface area contributed by atoms with E-state index in [2.05, 4.69) is 4.74 Å². The third kappa shape index (κ3) is 13.8. The molecule has 0 aromatic rings. The average Bonchev–Trinajstić information content (AvgIpc) is 2.06. The fourth-order valence-corrected chi connectivity index (χ4v) is 0.193. The molecule has 0 aliphatic rings. The minimum atomic E-state index is -1.55. The zero-order valence-corrected chi connectivity index (χ0v) is 7.69. The molecule has 0 heterocycles. The summed E-state index contributed by atoms with van der Waals surface area (Å²) in [6.07, 6.45) is -0.338. The van der Waals surface area contributed by atoms with Gasteiger partial charge in [0.15, 0.2) is 0 Å². The molecule has 78 valence electrons. The maximum atomic E-state index is 9.92. The van der Waals surface area contributed by atoms with Gasteiger partial charge in [0, 0.05) is 6.54 Å². The number of hydrogen-bond donors (Lipinski definition) is 3. The lowest BCUT2D eigenvalue weighted by Gasteiger charge is -1.91. The molecule has 0 aromatic carbocycles. The van der Waals surface area contributed by atoms with Crippen molar-refractivity contribution in [3.8, 4) is 0 Å². The molecule has 0 fully saturated rings. The highest BCUT2D eigenvalue weighted by Crippen LogP contribution is 1.74. The molecular formula is C7H15NO5. The molecule has 0 saturated carbocycles. The first-order valence-electron chi connectivity index (χ1n) is 3.73. The predicted octanol–water partition coefficient (Wildman–Crippen LogP) is -1.04. The smallest absolute Gasteiger partial charge is 0.417 e. The molecule has 0 saturated heterocycles. The summed E-state index contributed by atoms with van der Waals surface area (Å²) >= 11 is 0. The first-order chi connectivity index (χ1) is 5.95. The highest BCUT2D eigenvalue weighted by atomic mass is 16.6. The molecule has 0 aliphatic carbocycles. The first-order valence-corrected chi connectivity index (χ1v) is 3.73. The molecular weight excluding hydrogens is 178 g/mol. The second kappa shape index (κ2) is 8.95. The third-order valence-electron chi connectivity index (χ3n) is 0.791. The lowest BCUT2D eigenvalue weighted by atomic mass is 10.4. The standard InChI is InChI=1S/C4H6O4.C3H9NO/c1-2-8-4(7)3(5)6;1-3(5)2-4/h2H2,1H3,(H,5,6);3,5H,2,4H2,1H3. The van der Waals surface area contributed by atoms with E-state index in [1.54, 1.807) is 13.8 Å². The quantitative estimate of drug-likeness (QED) is 0.381. The Labute approximate surface area is 76.3 Å². The highest BCUT2D eigenvalue weighted by molar-refractivity contribution is 6.28. The molecule has 0 rings (SSSR count). The van der Waals surface area contributed by atoms with Crippen LogP contribution in [0.5, 0.6) is 0 Å². The molecule has 4 N–H and O–H groups in total. The van der Waals surface area contributed by atoms with Gasteiger partial charge in [-0.05, 0) is 13.8 Å². The third-order valence-corrected chi connectivity index (χ3v) is 0.791. The number of aliphatic hydroxyl groups is 1. The molecule has 6 nitrogen and oxygen atoms in total. The second-order valence-electron chi connectivity index (χ2n) is 2.11. The predicted molar refractivity (Wildman–Crippen MR) is 45.0 cm³/mol. The van der Waals surface area contributed by atoms with Gasteiger partial charge in [-0.25, -0.2) is 9.59 Å². The van der Waals surface area contributed by atoms with Crippen LogP contribution in [0.4, 0.5) is 0 Å². The normalized spacial score (nSPS) is 10.8. The van der Waals surface area contributed by atoms with Gasteiger partial charge in [0.2, 0.25) is 0 Å². The maximum absolute atomic E-state index is 9.92. The van der Waals surface area contributed by atoms with Gasteiger partial charge in [-0.3, -0.25) is 0 Å². The fraction of sp³-hybridized carbons (Fsp3) is 0.714. The summed E-state index contributed by atoms with van der Waals surface area (Å²) in [5.41, 5.74) is 4.92. The number of aliphatic hydroxyl groups excluding tert-OH is 1. The van der Waals surface area contributed by atoms with Crippen molar-refractivity contribution < 1.29 is 24.5 Å². The van der Waals surface area contributed by atoms with Crippen LogP contribution in [0.3, 0.4) is 0 Å². The zero-order valence-electron chi connectivity index (χ0n) is 7.69. The van der Waals surface area contributed by atoms with Crippen LogP contribution < -0.4 is 5.73 Å². The van der Waals surface area contributed by atoms with Crippen molar-refractivity contribution in [3.05, 3.63) is 0 Å². The van der Waals surface area contributed by atoms with Crippen LogP contribution in [-0.4, -0.2) is 41.4 Å². The van der Waals surface area contributed by atoms with Crippen molar-refractivity contribution in [2.45, 2.75) is 20.0 Å². The van der Waals surface area contributed by atoms with E-state index < -0.39 is 11.9 Å². The summed E-state index contributed by atoms with van der Waals surface area (Å²) < 4.78 is 4.06.